The lowest BCUT2D eigenvalue weighted by molar-refractivity contribution is -0.757. The van der Waals surface area contributed by atoms with Gasteiger partial charge in [-0.25, -0.2) is 0 Å². The number of carbonyl (C=O) groups excluding carboxylic acids is 1. The Kier molecular flexibility index (Phi) is 12.7. The van der Waals surface area contributed by atoms with Crippen LogP contribution in [0.25, 0.3) is 0 Å². The van der Waals surface area contributed by atoms with Crippen LogP contribution in [0.5, 0.6) is 0 Å². The molecule has 0 saturated heterocycles. The molecule has 35 heavy (non-hydrogen) atoms. The summed E-state index contributed by atoms with van der Waals surface area (Å²) in [4.78, 5) is 27.8. The second kappa shape index (κ2) is 15.5. The van der Waals surface area contributed by atoms with Crippen LogP contribution >= 0.6 is 0 Å². The number of hydrogen-bond donors (Lipinski definition) is 3. The standard InChI is InChI=1S/C26H40N2O7/c1-27(17-18-35-28(33)34)26(32)12-8-3-2-7-11-22-23(25(31)19-24(22)30)16-15-21(29)14-13-20-9-5-4-6-10-20/h2,4-7,9-10,21-25,29-31H,3,8,11-19H2,1H3/b7-2-/t21-,22+,23+,24-,25+/m0/s1. The molecule has 1 amide bonds. The summed E-state index contributed by atoms with van der Waals surface area (Å²) in [6.45, 7) is 0.0236. The molecule has 196 valence electrons. The van der Waals surface area contributed by atoms with Gasteiger partial charge in [0, 0.05) is 20.0 Å². The van der Waals surface area contributed by atoms with Crippen LogP contribution in [0.2, 0.25) is 0 Å². The topological polar surface area (TPSA) is 133 Å². The molecule has 0 radical (unpaired) electrons. The number of allylic oxidation sites excluding steroid dienone is 2. The second-order valence-electron chi connectivity index (χ2n) is 9.43. The fraction of sp³-hybridized carbons (Fsp3) is 0.654. The first kappa shape index (κ1) is 28.7. The summed E-state index contributed by atoms with van der Waals surface area (Å²) in [6, 6.07) is 10.1. The molecule has 1 aliphatic rings. The van der Waals surface area contributed by atoms with Crippen LogP contribution in [0.4, 0.5) is 0 Å². The molecule has 1 aromatic rings. The zero-order chi connectivity index (χ0) is 25.6. The van der Waals surface area contributed by atoms with Crippen LogP contribution < -0.4 is 0 Å². The van der Waals surface area contributed by atoms with Crippen LogP contribution in [0.3, 0.4) is 0 Å². The summed E-state index contributed by atoms with van der Waals surface area (Å²) < 4.78 is 0. The molecule has 0 aliphatic heterocycles. The van der Waals surface area contributed by atoms with Gasteiger partial charge in [-0.15, -0.1) is 10.1 Å². The van der Waals surface area contributed by atoms with Crippen molar-refractivity contribution in [2.24, 2.45) is 11.8 Å². The van der Waals surface area contributed by atoms with Crippen molar-refractivity contribution in [3.8, 4) is 0 Å². The molecule has 5 atom stereocenters. The molecular weight excluding hydrogens is 452 g/mol. The van der Waals surface area contributed by atoms with E-state index in [-0.39, 0.29) is 30.9 Å². The van der Waals surface area contributed by atoms with Gasteiger partial charge in [0.2, 0.25) is 5.91 Å². The second-order valence-corrected chi connectivity index (χ2v) is 9.43. The molecule has 0 bridgehead atoms. The van der Waals surface area contributed by atoms with Gasteiger partial charge in [-0.1, -0.05) is 42.5 Å². The highest BCUT2D eigenvalue weighted by Crippen LogP contribution is 2.38. The first-order valence-electron chi connectivity index (χ1n) is 12.5. The predicted octanol–water partition coefficient (Wildman–Crippen LogP) is 2.90. The molecule has 2 rings (SSSR count). The van der Waals surface area contributed by atoms with Gasteiger partial charge in [-0.2, -0.15) is 0 Å². The minimum atomic E-state index is -0.873. The normalized spacial score (nSPS) is 22.9. The van der Waals surface area contributed by atoms with Crippen molar-refractivity contribution in [3.05, 3.63) is 58.2 Å². The number of amides is 1. The van der Waals surface area contributed by atoms with Crippen molar-refractivity contribution in [3.63, 3.8) is 0 Å². The van der Waals surface area contributed by atoms with Crippen molar-refractivity contribution in [2.75, 3.05) is 20.2 Å². The van der Waals surface area contributed by atoms with Crippen molar-refractivity contribution >= 4 is 5.91 Å². The van der Waals surface area contributed by atoms with Gasteiger partial charge in [-0.3, -0.25) is 4.79 Å². The summed E-state index contributed by atoms with van der Waals surface area (Å²) >= 11 is 0. The van der Waals surface area contributed by atoms with Gasteiger partial charge in [0.25, 0.3) is 5.09 Å². The quantitative estimate of drug-likeness (QED) is 0.140. The van der Waals surface area contributed by atoms with E-state index in [4.69, 9.17) is 0 Å². The van der Waals surface area contributed by atoms with Gasteiger partial charge < -0.3 is 25.1 Å². The number of unbranched alkanes of at least 4 members (excludes halogenated alkanes) is 1. The maximum atomic E-state index is 12.0. The highest BCUT2D eigenvalue weighted by molar-refractivity contribution is 5.75. The number of likely N-dealkylation sites (N-methyl/N-ethyl adjacent to an activating group) is 1. The fourth-order valence-corrected chi connectivity index (χ4v) is 4.72. The third-order valence-electron chi connectivity index (χ3n) is 6.85. The molecule has 9 heteroatoms. The Morgan fingerprint density at radius 3 is 2.63 bits per heavy atom. The largest absolute Gasteiger partial charge is 0.393 e. The van der Waals surface area contributed by atoms with Crippen LogP contribution in [0.1, 0.15) is 56.9 Å². The van der Waals surface area contributed by atoms with Gasteiger partial charge in [0.15, 0.2) is 0 Å². The molecule has 9 nitrogen and oxygen atoms in total. The maximum Gasteiger partial charge on any atom is 0.294 e. The van der Waals surface area contributed by atoms with Crippen molar-refractivity contribution < 1.29 is 30.0 Å². The van der Waals surface area contributed by atoms with Crippen LogP contribution in [0, 0.1) is 22.0 Å². The smallest absolute Gasteiger partial charge is 0.294 e. The van der Waals surface area contributed by atoms with E-state index in [9.17, 15) is 30.2 Å². The highest BCUT2D eigenvalue weighted by Gasteiger charge is 2.40. The molecular formula is C26H40N2O7. The minimum absolute atomic E-state index is 0.0439. The highest BCUT2D eigenvalue weighted by atomic mass is 16.9. The Morgan fingerprint density at radius 2 is 1.91 bits per heavy atom. The van der Waals surface area contributed by atoms with Gasteiger partial charge in [-0.05, 0) is 68.8 Å². The van der Waals surface area contributed by atoms with Crippen molar-refractivity contribution in [2.45, 2.75) is 76.1 Å². The lowest BCUT2D eigenvalue weighted by Crippen LogP contribution is -2.30. The minimum Gasteiger partial charge on any atom is -0.393 e. The zero-order valence-electron chi connectivity index (χ0n) is 20.6. The molecule has 1 fully saturated rings. The summed E-state index contributed by atoms with van der Waals surface area (Å²) in [5, 5.41) is 40.6. The van der Waals surface area contributed by atoms with Gasteiger partial charge in [0.1, 0.15) is 6.61 Å². The molecule has 1 aromatic carbocycles. The third kappa shape index (κ3) is 10.8. The number of nitrogens with zero attached hydrogens (tertiary/aromatic N) is 2. The lowest BCUT2D eigenvalue weighted by Gasteiger charge is -2.23. The number of aryl methyl sites for hydroxylation is 1. The summed E-state index contributed by atoms with van der Waals surface area (Å²) in [6.07, 6.45) is 7.93. The number of benzene rings is 1. The number of aliphatic hydroxyl groups is 3. The van der Waals surface area contributed by atoms with Crippen molar-refractivity contribution in [1.82, 2.24) is 4.90 Å². The average molecular weight is 493 g/mol. The molecule has 0 heterocycles. The van der Waals surface area contributed by atoms with E-state index in [0.29, 0.717) is 51.4 Å². The Labute approximate surface area is 207 Å². The van der Waals surface area contributed by atoms with Crippen LogP contribution in [-0.4, -0.2) is 69.7 Å². The summed E-state index contributed by atoms with van der Waals surface area (Å²) in [7, 11) is 1.59. The number of carbonyl (C=O) groups is 1. The predicted molar refractivity (Wildman–Crippen MR) is 132 cm³/mol. The Morgan fingerprint density at radius 1 is 1.20 bits per heavy atom. The molecule has 1 saturated carbocycles. The summed E-state index contributed by atoms with van der Waals surface area (Å²) in [5.74, 6) is -0.180. The van der Waals surface area contributed by atoms with E-state index in [2.05, 4.69) is 17.0 Å². The fourth-order valence-electron chi connectivity index (χ4n) is 4.72. The molecule has 3 N–H and O–H groups in total. The van der Waals surface area contributed by atoms with Crippen molar-refractivity contribution in [1.29, 1.82) is 0 Å². The van der Waals surface area contributed by atoms with E-state index in [0.717, 1.165) is 6.42 Å². The zero-order valence-corrected chi connectivity index (χ0v) is 20.6. The number of hydrogen-bond acceptors (Lipinski definition) is 7. The maximum absolute atomic E-state index is 12.0. The van der Waals surface area contributed by atoms with Gasteiger partial charge in [0.05, 0.1) is 18.3 Å². The Balaban J connectivity index is 1.67. The van der Waals surface area contributed by atoms with E-state index >= 15 is 0 Å². The van der Waals surface area contributed by atoms with E-state index in [1.807, 2.05) is 30.4 Å². The van der Waals surface area contributed by atoms with Gasteiger partial charge >= 0.3 is 0 Å². The SMILES string of the molecule is CN(CCO[N+](=O)[O-])C(=O)CCC/C=C\C[C@@H]1[C@@H](CC[C@@H](O)CCc2ccccc2)[C@H](O)C[C@@H]1O. The molecule has 0 aromatic heterocycles. The van der Waals surface area contributed by atoms with E-state index in [1.54, 1.807) is 7.05 Å². The number of aliphatic hydroxyl groups excluding tert-OH is 3. The summed E-state index contributed by atoms with van der Waals surface area (Å²) in [5.41, 5.74) is 1.20. The number of rotatable bonds is 16. The monoisotopic (exact) mass is 492 g/mol. The third-order valence-corrected chi connectivity index (χ3v) is 6.85. The Bertz CT molecular complexity index is 789. The van der Waals surface area contributed by atoms with Crippen LogP contribution in [0.15, 0.2) is 42.5 Å². The van der Waals surface area contributed by atoms with E-state index < -0.39 is 23.4 Å². The Hall–Kier alpha value is -2.49. The first-order valence-corrected chi connectivity index (χ1v) is 12.5. The average Bonchev–Trinajstić information content (AvgIpc) is 3.10. The van der Waals surface area contributed by atoms with Crippen LogP contribution in [-0.2, 0) is 16.1 Å². The van der Waals surface area contributed by atoms with E-state index in [1.165, 1.54) is 10.5 Å². The molecule has 0 spiro atoms. The molecule has 1 aliphatic carbocycles. The first-order chi connectivity index (χ1) is 16.8. The lowest BCUT2D eigenvalue weighted by atomic mass is 9.85. The molecule has 0 unspecified atom stereocenters.